The highest BCUT2D eigenvalue weighted by Crippen LogP contribution is 2.14. The van der Waals surface area contributed by atoms with E-state index < -0.39 is 12.8 Å². The number of halogens is 4. The van der Waals surface area contributed by atoms with Gasteiger partial charge in [-0.3, -0.25) is 4.79 Å². The Morgan fingerprint density at radius 2 is 2.00 bits per heavy atom. The molecule has 0 radical (unpaired) electrons. The molecule has 1 unspecified atom stereocenters. The summed E-state index contributed by atoms with van der Waals surface area (Å²) in [7, 11) is 0. The lowest BCUT2D eigenvalue weighted by molar-refractivity contribution is -0.174. The Morgan fingerprint density at radius 1 is 1.39 bits per heavy atom. The van der Waals surface area contributed by atoms with E-state index in [9.17, 15) is 18.0 Å². The predicted octanol–water partition coefficient (Wildman–Crippen LogP) is 2.73. The molecule has 18 heavy (non-hydrogen) atoms. The van der Waals surface area contributed by atoms with E-state index in [1.807, 2.05) is 13.8 Å². The van der Waals surface area contributed by atoms with E-state index in [1.165, 1.54) is 0 Å². The number of hydrogen-bond donors (Lipinski definition) is 1. The normalized spacial score (nSPS) is 13.7. The number of alkyl halides is 4. The van der Waals surface area contributed by atoms with Crippen LogP contribution in [0.15, 0.2) is 0 Å². The van der Waals surface area contributed by atoms with Gasteiger partial charge in [0.25, 0.3) is 0 Å². The van der Waals surface area contributed by atoms with Crippen molar-refractivity contribution in [2.75, 3.05) is 19.1 Å². The maximum absolute atomic E-state index is 11.7. The van der Waals surface area contributed by atoms with E-state index in [0.29, 0.717) is 5.92 Å². The summed E-state index contributed by atoms with van der Waals surface area (Å²) in [4.78, 5) is 11.4. The van der Waals surface area contributed by atoms with E-state index >= 15 is 0 Å². The van der Waals surface area contributed by atoms with Crippen LogP contribution >= 0.6 is 11.6 Å². The van der Waals surface area contributed by atoms with Crippen molar-refractivity contribution in [3.63, 3.8) is 0 Å². The number of carbonyl (C=O) groups excluding carboxylic acids is 1. The Bertz CT molecular complexity index is 247. The molecule has 0 aliphatic carbocycles. The van der Waals surface area contributed by atoms with Gasteiger partial charge in [-0.1, -0.05) is 13.8 Å². The summed E-state index contributed by atoms with van der Waals surface area (Å²) in [6, 6.07) is -0.151. The third-order valence-corrected chi connectivity index (χ3v) is 2.42. The first-order valence-electron chi connectivity index (χ1n) is 5.74. The van der Waals surface area contributed by atoms with Crippen molar-refractivity contribution in [1.82, 2.24) is 5.32 Å². The minimum Gasteiger partial charge on any atom is -0.372 e. The number of amides is 1. The molecular weight excluding hydrogens is 271 g/mol. The first-order valence-corrected chi connectivity index (χ1v) is 6.28. The van der Waals surface area contributed by atoms with E-state index in [0.717, 1.165) is 6.42 Å². The van der Waals surface area contributed by atoms with Crippen LogP contribution in [0.1, 0.15) is 26.7 Å². The van der Waals surface area contributed by atoms with Crippen LogP contribution in [0.2, 0.25) is 0 Å². The SMILES string of the molecule is CC(C)CC(CCl)NC(=O)CCOCC(F)(F)F. The highest BCUT2D eigenvalue weighted by molar-refractivity contribution is 6.18. The number of hydrogen-bond acceptors (Lipinski definition) is 2. The van der Waals surface area contributed by atoms with Gasteiger partial charge in [-0.15, -0.1) is 11.6 Å². The maximum Gasteiger partial charge on any atom is 0.411 e. The Hall–Kier alpha value is -0.490. The van der Waals surface area contributed by atoms with Crippen molar-refractivity contribution < 1.29 is 22.7 Å². The third-order valence-electron chi connectivity index (χ3n) is 2.05. The fourth-order valence-electron chi connectivity index (χ4n) is 1.38. The van der Waals surface area contributed by atoms with Gasteiger partial charge < -0.3 is 10.1 Å². The molecule has 0 aromatic heterocycles. The Kier molecular flexibility index (Phi) is 8.35. The average Bonchev–Trinajstić information content (AvgIpc) is 2.21. The molecule has 0 saturated carbocycles. The van der Waals surface area contributed by atoms with Crippen LogP contribution < -0.4 is 5.32 Å². The molecule has 7 heteroatoms. The molecule has 0 aromatic carbocycles. The topological polar surface area (TPSA) is 38.3 Å². The van der Waals surface area contributed by atoms with Crippen LogP contribution in [0.4, 0.5) is 13.2 Å². The van der Waals surface area contributed by atoms with Gasteiger partial charge in [0.15, 0.2) is 0 Å². The van der Waals surface area contributed by atoms with E-state index in [1.54, 1.807) is 0 Å². The minimum atomic E-state index is -4.35. The fourth-order valence-corrected chi connectivity index (χ4v) is 1.59. The number of rotatable bonds is 8. The van der Waals surface area contributed by atoms with Gasteiger partial charge in [0.1, 0.15) is 6.61 Å². The summed E-state index contributed by atoms with van der Waals surface area (Å²) in [5.74, 6) is 0.326. The largest absolute Gasteiger partial charge is 0.411 e. The van der Waals surface area contributed by atoms with Gasteiger partial charge in [-0.05, 0) is 12.3 Å². The average molecular weight is 290 g/mol. The van der Waals surface area contributed by atoms with Crippen LogP contribution in [-0.4, -0.2) is 37.2 Å². The quantitative estimate of drug-likeness (QED) is 0.551. The molecule has 0 aliphatic heterocycles. The minimum absolute atomic E-state index is 0.0957. The zero-order valence-electron chi connectivity index (χ0n) is 10.5. The van der Waals surface area contributed by atoms with E-state index in [-0.39, 0.29) is 30.9 Å². The van der Waals surface area contributed by atoms with Gasteiger partial charge in [0.2, 0.25) is 5.91 Å². The third kappa shape index (κ3) is 10.7. The molecule has 0 rings (SSSR count). The standard InChI is InChI=1S/C11H19ClF3NO2/c1-8(2)5-9(6-12)16-10(17)3-4-18-7-11(13,14)15/h8-9H,3-7H2,1-2H3,(H,16,17). The maximum atomic E-state index is 11.7. The summed E-state index contributed by atoms with van der Waals surface area (Å²) in [5.41, 5.74) is 0. The van der Waals surface area contributed by atoms with Crippen molar-refractivity contribution in [2.45, 2.75) is 38.9 Å². The van der Waals surface area contributed by atoms with E-state index in [2.05, 4.69) is 10.1 Å². The van der Waals surface area contributed by atoms with Crippen LogP contribution in [0, 0.1) is 5.92 Å². The van der Waals surface area contributed by atoms with Crippen LogP contribution in [0.5, 0.6) is 0 Å². The lowest BCUT2D eigenvalue weighted by Crippen LogP contribution is -2.37. The molecule has 0 heterocycles. The number of ether oxygens (including phenoxy) is 1. The zero-order chi connectivity index (χ0) is 14.2. The van der Waals surface area contributed by atoms with Crippen molar-refractivity contribution in [3.05, 3.63) is 0 Å². The zero-order valence-corrected chi connectivity index (χ0v) is 11.3. The number of nitrogens with one attached hydrogen (secondary N) is 1. The second-order valence-corrected chi connectivity index (χ2v) is 4.77. The Morgan fingerprint density at radius 3 is 2.44 bits per heavy atom. The molecule has 0 aromatic rings. The van der Waals surface area contributed by atoms with Gasteiger partial charge in [0.05, 0.1) is 6.61 Å². The van der Waals surface area contributed by atoms with Crippen LogP contribution in [0.3, 0.4) is 0 Å². The molecule has 0 bridgehead atoms. The fraction of sp³-hybridized carbons (Fsp3) is 0.909. The molecule has 3 nitrogen and oxygen atoms in total. The Balaban J connectivity index is 3.75. The van der Waals surface area contributed by atoms with Crippen molar-refractivity contribution in [1.29, 1.82) is 0 Å². The highest BCUT2D eigenvalue weighted by Gasteiger charge is 2.27. The molecular formula is C11H19ClF3NO2. The molecule has 1 atom stereocenters. The predicted molar refractivity (Wildman–Crippen MR) is 63.6 cm³/mol. The van der Waals surface area contributed by atoms with Crippen LogP contribution in [0.25, 0.3) is 0 Å². The molecule has 108 valence electrons. The molecule has 0 fully saturated rings. The van der Waals surface area contributed by atoms with Crippen LogP contribution in [-0.2, 0) is 9.53 Å². The summed E-state index contributed by atoms with van der Waals surface area (Å²) in [6.45, 7) is 2.42. The lowest BCUT2D eigenvalue weighted by Gasteiger charge is -2.18. The lowest BCUT2D eigenvalue weighted by atomic mass is 10.1. The smallest absolute Gasteiger partial charge is 0.372 e. The van der Waals surface area contributed by atoms with Gasteiger partial charge in [-0.2, -0.15) is 13.2 Å². The monoisotopic (exact) mass is 289 g/mol. The molecule has 0 spiro atoms. The summed E-state index contributed by atoms with van der Waals surface area (Å²) in [6.07, 6.45) is -3.72. The van der Waals surface area contributed by atoms with E-state index in [4.69, 9.17) is 11.6 Å². The first-order chi connectivity index (χ1) is 8.24. The van der Waals surface area contributed by atoms with Gasteiger partial charge >= 0.3 is 6.18 Å². The number of carbonyl (C=O) groups is 1. The first kappa shape index (κ1) is 17.5. The van der Waals surface area contributed by atoms with Gasteiger partial charge in [0, 0.05) is 18.3 Å². The summed E-state index contributed by atoms with van der Waals surface area (Å²) in [5, 5.41) is 2.66. The Labute approximate surface area is 110 Å². The second-order valence-electron chi connectivity index (χ2n) is 4.47. The van der Waals surface area contributed by atoms with Gasteiger partial charge in [-0.25, -0.2) is 0 Å². The van der Waals surface area contributed by atoms with Crippen molar-refractivity contribution in [2.24, 2.45) is 5.92 Å². The molecule has 1 amide bonds. The summed E-state index contributed by atoms with van der Waals surface area (Å²) >= 11 is 5.68. The highest BCUT2D eigenvalue weighted by atomic mass is 35.5. The van der Waals surface area contributed by atoms with Crippen molar-refractivity contribution in [3.8, 4) is 0 Å². The molecule has 1 N–H and O–H groups in total. The molecule has 0 aliphatic rings. The summed E-state index contributed by atoms with van der Waals surface area (Å²) < 4.78 is 39.6. The molecule has 0 saturated heterocycles. The second kappa shape index (κ2) is 8.58. The van der Waals surface area contributed by atoms with Crippen molar-refractivity contribution >= 4 is 17.5 Å².